The van der Waals surface area contributed by atoms with Gasteiger partial charge in [-0.15, -0.1) is 0 Å². The maximum absolute atomic E-state index is 12.0. The minimum Gasteiger partial charge on any atom is -0.347 e. The van der Waals surface area contributed by atoms with Gasteiger partial charge in [-0.1, -0.05) is 35.5 Å². The van der Waals surface area contributed by atoms with Crippen LogP contribution in [0.15, 0.2) is 30.3 Å². The van der Waals surface area contributed by atoms with Crippen LogP contribution in [-0.4, -0.2) is 36.2 Å². The van der Waals surface area contributed by atoms with Crippen molar-refractivity contribution >= 4 is 28.4 Å². The third kappa shape index (κ3) is 7.67. The average Bonchev–Trinajstić information content (AvgIpc) is 2.97. The number of anilines is 1. The number of aromatic nitrogens is 1. The predicted molar refractivity (Wildman–Crippen MR) is 100.0 cm³/mol. The highest BCUT2D eigenvalue weighted by Gasteiger charge is 2.27. The molecular weight excluding hydrogens is 393 g/mol. The summed E-state index contributed by atoms with van der Waals surface area (Å²) in [6.07, 6.45) is -4.74. The van der Waals surface area contributed by atoms with E-state index in [4.69, 9.17) is 0 Å². The molecule has 3 N–H and O–H groups in total. The van der Waals surface area contributed by atoms with E-state index in [9.17, 15) is 22.8 Å². The van der Waals surface area contributed by atoms with Crippen LogP contribution in [0, 0.1) is 18.8 Å². The van der Waals surface area contributed by atoms with E-state index in [2.05, 4.69) is 27.5 Å². The fourth-order valence-corrected chi connectivity index (χ4v) is 2.75. The largest absolute Gasteiger partial charge is 0.405 e. The number of benzene rings is 1. The van der Waals surface area contributed by atoms with Crippen LogP contribution in [0.2, 0.25) is 0 Å². The van der Waals surface area contributed by atoms with E-state index in [1.807, 2.05) is 30.3 Å². The molecule has 2 aromatic rings. The highest BCUT2D eigenvalue weighted by molar-refractivity contribution is 7.16. The molecule has 2 rings (SSSR count). The van der Waals surface area contributed by atoms with Gasteiger partial charge in [0.25, 0.3) is 0 Å². The Morgan fingerprint density at radius 1 is 1.14 bits per heavy atom. The first kappa shape index (κ1) is 21.2. The van der Waals surface area contributed by atoms with Crippen molar-refractivity contribution in [2.45, 2.75) is 19.5 Å². The number of nitrogens with zero attached hydrogens (tertiary/aromatic N) is 1. The number of urea groups is 1. The minimum atomic E-state index is -4.47. The Labute approximate surface area is 163 Å². The summed E-state index contributed by atoms with van der Waals surface area (Å²) in [6, 6.07) is 8.79. The lowest BCUT2D eigenvalue weighted by atomic mass is 10.2. The summed E-state index contributed by atoms with van der Waals surface area (Å²) in [4.78, 5) is 28.0. The van der Waals surface area contributed by atoms with Crippen molar-refractivity contribution in [3.8, 4) is 11.8 Å². The number of rotatable bonds is 5. The quantitative estimate of drug-likeness (QED) is 0.663. The Balaban J connectivity index is 1.80. The average molecular weight is 410 g/mol. The molecule has 1 aromatic heterocycles. The summed E-state index contributed by atoms with van der Waals surface area (Å²) in [5, 5.41) is 6.94. The van der Waals surface area contributed by atoms with Gasteiger partial charge < -0.3 is 10.6 Å². The molecule has 0 aliphatic carbocycles. The summed E-state index contributed by atoms with van der Waals surface area (Å²) >= 11 is 1.20. The third-order valence-electron chi connectivity index (χ3n) is 3.23. The van der Waals surface area contributed by atoms with Crippen molar-refractivity contribution in [2.24, 2.45) is 0 Å². The number of carbonyl (C=O) groups is 2. The maximum Gasteiger partial charge on any atom is 0.405 e. The molecule has 148 valence electrons. The van der Waals surface area contributed by atoms with E-state index in [1.54, 1.807) is 12.2 Å². The molecule has 0 saturated heterocycles. The van der Waals surface area contributed by atoms with Gasteiger partial charge in [0.1, 0.15) is 11.4 Å². The van der Waals surface area contributed by atoms with E-state index in [-0.39, 0.29) is 13.0 Å². The smallest absolute Gasteiger partial charge is 0.347 e. The number of hydrogen-bond donors (Lipinski definition) is 3. The van der Waals surface area contributed by atoms with Crippen LogP contribution in [0.4, 0.5) is 23.1 Å². The molecular formula is C18H17F3N4O2S. The number of hydrogen-bond acceptors (Lipinski definition) is 4. The van der Waals surface area contributed by atoms with Gasteiger partial charge in [-0.05, 0) is 25.0 Å². The van der Waals surface area contributed by atoms with Gasteiger partial charge in [0.15, 0.2) is 5.13 Å². The first-order valence-electron chi connectivity index (χ1n) is 8.16. The van der Waals surface area contributed by atoms with Crippen molar-refractivity contribution < 1.29 is 22.8 Å². The zero-order valence-corrected chi connectivity index (χ0v) is 15.6. The zero-order valence-electron chi connectivity index (χ0n) is 14.8. The molecule has 0 unspecified atom stereocenters. The third-order valence-corrected chi connectivity index (χ3v) is 4.22. The molecule has 0 atom stereocenters. The van der Waals surface area contributed by atoms with E-state index in [0.29, 0.717) is 15.7 Å². The van der Waals surface area contributed by atoms with Crippen LogP contribution in [0.5, 0.6) is 0 Å². The molecule has 0 saturated carbocycles. The summed E-state index contributed by atoms with van der Waals surface area (Å²) < 4.78 is 36.0. The van der Waals surface area contributed by atoms with Crippen molar-refractivity contribution in [2.75, 3.05) is 18.4 Å². The number of alkyl halides is 3. The second-order valence-electron chi connectivity index (χ2n) is 5.57. The molecule has 0 fully saturated rings. The van der Waals surface area contributed by atoms with Gasteiger partial charge in [-0.25, -0.2) is 9.78 Å². The second-order valence-corrected chi connectivity index (χ2v) is 6.57. The number of nitrogens with one attached hydrogen (secondary N) is 3. The number of aryl methyl sites for hydroxylation is 1. The Hall–Kier alpha value is -3.06. The van der Waals surface area contributed by atoms with Crippen molar-refractivity contribution in [3.63, 3.8) is 0 Å². The van der Waals surface area contributed by atoms with Crippen LogP contribution < -0.4 is 16.0 Å². The number of carbonyl (C=O) groups excluding carboxylic acids is 2. The molecule has 0 aliphatic rings. The minimum absolute atomic E-state index is 0.111. The van der Waals surface area contributed by atoms with Crippen LogP contribution in [0.1, 0.15) is 22.6 Å². The number of halogens is 3. The topological polar surface area (TPSA) is 83.1 Å². The van der Waals surface area contributed by atoms with Gasteiger partial charge >= 0.3 is 12.2 Å². The van der Waals surface area contributed by atoms with E-state index < -0.39 is 24.7 Å². The molecule has 0 radical (unpaired) electrons. The van der Waals surface area contributed by atoms with Crippen LogP contribution in [0.3, 0.4) is 0 Å². The Kier molecular flexibility index (Phi) is 7.40. The number of amides is 3. The lowest BCUT2D eigenvalue weighted by Gasteiger charge is -2.08. The highest BCUT2D eigenvalue weighted by Crippen LogP contribution is 2.21. The van der Waals surface area contributed by atoms with Gasteiger partial charge in [0, 0.05) is 18.5 Å². The van der Waals surface area contributed by atoms with Crippen molar-refractivity contribution in [3.05, 3.63) is 46.5 Å². The van der Waals surface area contributed by atoms with E-state index in [1.165, 1.54) is 11.3 Å². The van der Waals surface area contributed by atoms with Gasteiger partial charge in [0.05, 0.1) is 5.69 Å². The van der Waals surface area contributed by atoms with Crippen LogP contribution >= 0.6 is 11.3 Å². The monoisotopic (exact) mass is 410 g/mol. The van der Waals surface area contributed by atoms with Gasteiger partial charge in [0.2, 0.25) is 5.91 Å². The first-order valence-corrected chi connectivity index (χ1v) is 8.97. The van der Waals surface area contributed by atoms with Crippen LogP contribution in [-0.2, 0) is 4.79 Å². The molecule has 10 heteroatoms. The molecule has 6 nitrogen and oxygen atoms in total. The SMILES string of the molecule is Cc1nc(NC(=O)NCCC(=O)NCC(F)(F)F)sc1C#Cc1ccccc1. The summed E-state index contributed by atoms with van der Waals surface area (Å²) in [6.45, 7) is 0.253. The lowest BCUT2D eigenvalue weighted by Crippen LogP contribution is -2.37. The Morgan fingerprint density at radius 3 is 2.54 bits per heavy atom. The maximum atomic E-state index is 12.0. The number of thiazole rings is 1. The zero-order chi connectivity index (χ0) is 20.6. The molecule has 0 aliphatic heterocycles. The van der Waals surface area contributed by atoms with Crippen molar-refractivity contribution in [1.29, 1.82) is 0 Å². The molecule has 28 heavy (non-hydrogen) atoms. The summed E-state index contributed by atoms with van der Waals surface area (Å²) in [5.41, 5.74) is 1.52. The normalized spacial score (nSPS) is 10.6. The van der Waals surface area contributed by atoms with E-state index in [0.717, 1.165) is 5.56 Å². The highest BCUT2D eigenvalue weighted by atomic mass is 32.1. The summed E-state index contributed by atoms with van der Waals surface area (Å²) in [7, 11) is 0. The predicted octanol–water partition coefficient (Wildman–Crippen LogP) is 3.04. The second kappa shape index (κ2) is 9.75. The summed E-state index contributed by atoms with van der Waals surface area (Å²) in [5.74, 6) is 5.20. The molecule has 0 bridgehead atoms. The first-order chi connectivity index (χ1) is 13.2. The lowest BCUT2D eigenvalue weighted by molar-refractivity contribution is -0.138. The Morgan fingerprint density at radius 2 is 1.86 bits per heavy atom. The fourth-order valence-electron chi connectivity index (χ4n) is 1.93. The molecule has 3 amide bonds. The Bertz CT molecular complexity index is 886. The van der Waals surface area contributed by atoms with Gasteiger partial charge in [-0.3, -0.25) is 10.1 Å². The van der Waals surface area contributed by atoms with Gasteiger partial charge in [-0.2, -0.15) is 13.2 Å². The van der Waals surface area contributed by atoms with Crippen molar-refractivity contribution in [1.82, 2.24) is 15.6 Å². The fraction of sp³-hybridized carbons (Fsp3) is 0.278. The molecule has 0 spiro atoms. The molecule has 1 aromatic carbocycles. The van der Waals surface area contributed by atoms with E-state index >= 15 is 0 Å². The van der Waals surface area contributed by atoms with Crippen LogP contribution in [0.25, 0.3) is 0 Å². The standard InChI is InChI=1S/C18H17F3N4O2S/c1-12-14(8-7-13-5-3-2-4-6-13)28-17(24-12)25-16(27)22-10-9-15(26)23-11-18(19,20)21/h2-6H,9-11H2,1H3,(H,23,26)(H2,22,24,25,27). The molecule has 1 heterocycles.